The molecular formula is C17H28N4O5S. The average molecular weight is 401 g/mol. The van der Waals surface area contributed by atoms with Crippen molar-refractivity contribution in [2.24, 2.45) is 5.92 Å². The van der Waals surface area contributed by atoms with Gasteiger partial charge in [0.05, 0.1) is 4.90 Å². The molecule has 1 aromatic rings. The number of carbonyl (C=O) groups excluding carboxylic acids is 2. The Hall–Kier alpha value is -2.20. The molecule has 10 heteroatoms. The van der Waals surface area contributed by atoms with Crippen LogP contribution in [-0.4, -0.2) is 48.9 Å². The lowest BCUT2D eigenvalue weighted by Crippen LogP contribution is -2.42. The number of pyridine rings is 1. The van der Waals surface area contributed by atoms with Gasteiger partial charge in [0.25, 0.3) is 5.56 Å². The maximum absolute atomic E-state index is 12.5. The number of nitrogens with one attached hydrogen (secondary N) is 2. The summed E-state index contributed by atoms with van der Waals surface area (Å²) in [5.41, 5.74) is -0.538. The number of rotatable bonds is 9. The second-order valence-electron chi connectivity index (χ2n) is 6.41. The number of urea groups is 1. The molecule has 3 amide bonds. The summed E-state index contributed by atoms with van der Waals surface area (Å²) in [6, 6.07) is 1.65. The molecule has 1 heterocycles. The van der Waals surface area contributed by atoms with Crippen molar-refractivity contribution < 1.29 is 18.0 Å². The first kappa shape index (κ1) is 22.8. The van der Waals surface area contributed by atoms with Crippen molar-refractivity contribution in [2.75, 3.05) is 19.6 Å². The van der Waals surface area contributed by atoms with Crippen LogP contribution in [0.15, 0.2) is 28.0 Å². The van der Waals surface area contributed by atoms with Crippen LogP contribution in [0.4, 0.5) is 4.79 Å². The van der Waals surface area contributed by atoms with E-state index in [2.05, 4.69) is 10.6 Å². The van der Waals surface area contributed by atoms with Gasteiger partial charge in [-0.15, -0.1) is 0 Å². The Morgan fingerprint density at radius 3 is 2.37 bits per heavy atom. The summed E-state index contributed by atoms with van der Waals surface area (Å²) in [5, 5.41) is 4.67. The Morgan fingerprint density at radius 2 is 1.81 bits per heavy atom. The fourth-order valence-corrected chi connectivity index (χ4v) is 3.82. The van der Waals surface area contributed by atoms with Gasteiger partial charge in [0, 0.05) is 31.9 Å². The molecule has 0 aliphatic carbocycles. The van der Waals surface area contributed by atoms with Gasteiger partial charge in [-0.2, -0.15) is 4.31 Å². The van der Waals surface area contributed by atoms with Crippen molar-refractivity contribution in [3.63, 3.8) is 0 Å². The molecule has 152 valence electrons. The number of aromatic nitrogens is 1. The third kappa shape index (κ3) is 6.79. The van der Waals surface area contributed by atoms with Crippen LogP contribution >= 0.6 is 0 Å². The molecule has 0 saturated carbocycles. The van der Waals surface area contributed by atoms with Crippen LogP contribution in [0.2, 0.25) is 0 Å². The zero-order valence-electron chi connectivity index (χ0n) is 16.2. The number of imide groups is 1. The molecule has 2 N–H and O–H groups in total. The fraction of sp³-hybridized carbons (Fsp3) is 0.588. The van der Waals surface area contributed by atoms with Crippen molar-refractivity contribution in [3.05, 3.63) is 28.7 Å². The van der Waals surface area contributed by atoms with Gasteiger partial charge in [-0.05, 0) is 18.4 Å². The third-order valence-corrected chi connectivity index (χ3v) is 5.91. The summed E-state index contributed by atoms with van der Waals surface area (Å²) < 4.78 is 27.3. The lowest BCUT2D eigenvalue weighted by molar-refractivity contribution is -0.120. The summed E-state index contributed by atoms with van der Waals surface area (Å²) in [7, 11) is -3.76. The van der Waals surface area contributed by atoms with Gasteiger partial charge in [0.2, 0.25) is 15.9 Å². The predicted molar refractivity (Wildman–Crippen MR) is 102 cm³/mol. The Labute approximate surface area is 159 Å². The second kappa shape index (κ2) is 10.2. The minimum Gasteiger partial charge on any atom is -0.338 e. The molecule has 27 heavy (non-hydrogen) atoms. The van der Waals surface area contributed by atoms with E-state index in [-0.39, 0.29) is 18.0 Å². The molecule has 0 atom stereocenters. The van der Waals surface area contributed by atoms with E-state index in [0.29, 0.717) is 12.5 Å². The van der Waals surface area contributed by atoms with E-state index in [1.807, 2.05) is 13.8 Å². The molecule has 0 aliphatic heterocycles. The highest BCUT2D eigenvalue weighted by Gasteiger charge is 2.22. The molecule has 0 saturated heterocycles. The van der Waals surface area contributed by atoms with E-state index in [1.54, 1.807) is 13.8 Å². The summed E-state index contributed by atoms with van der Waals surface area (Å²) in [6.45, 7) is 7.98. The second-order valence-corrected chi connectivity index (χ2v) is 8.34. The van der Waals surface area contributed by atoms with Crippen LogP contribution in [0.1, 0.15) is 34.1 Å². The van der Waals surface area contributed by atoms with Crippen LogP contribution in [0, 0.1) is 5.92 Å². The lowest BCUT2D eigenvalue weighted by Gasteiger charge is -2.19. The molecule has 0 aliphatic rings. The largest absolute Gasteiger partial charge is 0.338 e. The molecule has 0 fully saturated rings. The van der Waals surface area contributed by atoms with Gasteiger partial charge in [-0.3, -0.25) is 14.9 Å². The van der Waals surface area contributed by atoms with E-state index in [9.17, 15) is 22.8 Å². The minimum absolute atomic E-state index is 0.0833. The zero-order valence-corrected chi connectivity index (χ0v) is 17.0. The Morgan fingerprint density at radius 1 is 1.19 bits per heavy atom. The van der Waals surface area contributed by atoms with Crippen molar-refractivity contribution in [1.82, 2.24) is 19.5 Å². The van der Waals surface area contributed by atoms with Gasteiger partial charge in [0.15, 0.2) is 0 Å². The summed E-state index contributed by atoms with van der Waals surface area (Å²) in [6.07, 6.45) is 1.89. The normalized spacial score (nSPS) is 11.6. The van der Waals surface area contributed by atoms with Crippen molar-refractivity contribution in [1.29, 1.82) is 0 Å². The van der Waals surface area contributed by atoms with E-state index in [0.717, 1.165) is 23.3 Å². The topological polar surface area (TPSA) is 118 Å². The summed E-state index contributed by atoms with van der Waals surface area (Å²) in [5.74, 6) is -0.299. The highest BCUT2D eigenvalue weighted by Crippen LogP contribution is 2.13. The number of hydrogen-bond donors (Lipinski definition) is 2. The fourth-order valence-electron chi connectivity index (χ4n) is 2.34. The van der Waals surface area contributed by atoms with Crippen LogP contribution < -0.4 is 16.2 Å². The van der Waals surface area contributed by atoms with Crippen LogP contribution in [0.5, 0.6) is 0 Å². The molecular weight excluding hydrogens is 372 g/mol. The first-order chi connectivity index (χ1) is 12.6. The van der Waals surface area contributed by atoms with E-state index < -0.39 is 34.1 Å². The Balaban J connectivity index is 2.85. The number of carbonyl (C=O) groups is 2. The number of sulfonamides is 1. The third-order valence-electron chi connectivity index (χ3n) is 3.87. The molecule has 9 nitrogen and oxygen atoms in total. The van der Waals surface area contributed by atoms with Crippen molar-refractivity contribution in [3.8, 4) is 0 Å². The number of nitrogens with zero attached hydrogens (tertiary/aromatic N) is 2. The summed E-state index contributed by atoms with van der Waals surface area (Å²) >= 11 is 0. The Bertz CT molecular complexity index is 813. The van der Waals surface area contributed by atoms with Crippen molar-refractivity contribution in [2.45, 2.75) is 45.6 Å². The lowest BCUT2D eigenvalue weighted by atomic mass is 10.1. The molecule has 1 rings (SSSR count). The molecule has 1 aromatic heterocycles. The smallest absolute Gasteiger partial charge is 0.321 e. The van der Waals surface area contributed by atoms with E-state index in [4.69, 9.17) is 0 Å². The van der Waals surface area contributed by atoms with E-state index in [1.165, 1.54) is 10.4 Å². The molecule has 0 radical (unpaired) electrons. The first-order valence-corrected chi connectivity index (χ1v) is 10.3. The first-order valence-electron chi connectivity index (χ1n) is 8.90. The number of hydrogen-bond acceptors (Lipinski definition) is 5. The van der Waals surface area contributed by atoms with Gasteiger partial charge >= 0.3 is 6.03 Å². The van der Waals surface area contributed by atoms with Gasteiger partial charge in [-0.1, -0.05) is 27.7 Å². The zero-order chi connectivity index (χ0) is 20.6. The van der Waals surface area contributed by atoms with Crippen LogP contribution in [0.3, 0.4) is 0 Å². The standard InChI is InChI=1S/C17H28N4O5S/c1-5-21(6-2)27(25,26)14-7-8-16(23)20(11-14)12-15(22)19-17(24)18-10-9-13(3)4/h7-8,11,13H,5-6,9-10,12H2,1-4H3,(H2,18,19,22,24). The summed E-state index contributed by atoms with van der Waals surface area (Å²) in [4.78, 5) is 35.5. The van der Waals surface area contributed by atoms with Gasteiger partial charge in [-0.25, -0.2) is 13.2 Å². The quantitative estimate of drug-likeness (QED) is 0.634. The Kier molecular flexibility index (Phi) is 8.64. The molecule has 0 spiro atoms. The van der Waals surface area contributed by atoms with Gasteiger partial charge < -0.3 is 9.88 Å². The molecule has 0 unspecified atom stereocenters. The average Bonchev–Trinajstić information content (AvgIpc) is 2.57. The van der Waals surface area contributed by atoms with Crippen molar-refractivity contribution >= 4 is 22.0 Å². The van der Waals surface area contributed by atoms with Gasteiger partial charge in [0.1, 0.15) is 6.54 Å². The maximum Gasteiger partial charge on any atom is 0.321 e. The SMILES string of the molecule is CCN(CC)S(=O)(=O)c1ccc(=O)n(CC(=O)NC(=O)NCCC(C)C)c1. The van der Waals surface area contributed by atoms with Crippen LogP contribution in [-0.2, 0) is 21.4 Å². The number of amides is 3. The molecule has 0 bridgehead atoms. The highest BCUT2D eigenvalue weighted by atomic mass is 32.2. The monoisotopic (exact) mass is 400 g/mol. The predicted octanol–water partition coefficient (Wildman–Crippen LogP) is 0.751. The maximum atomic E-state index is 12.5. The van der Waals surface area contributed by atoms with Crippen LogP contribution in [0.25, 0.3) is 0 Å². The van der Waals surface area contributed by atoms with E-state index >= 15 is 0 Å². The highest BCUT2D eigenvalue weighted by molar-refractivity contribution is 7.89. The molecule has 0 aromatic carbocycles. The minimum atomic E-state index is -3.76.